The van der Waals surface area contributed by atoms with Crippen molar-refractivity contribution in [2.75, 3.05) is 11.9 Å². The molecule has 1 aliphatic heterocycles. The molecule has 4 aromatic rings. The Morgan fingerprint density at radius 2 is 1.92 bits per heavy atom. The minimum absolute atomic E-state index is 0.166. The first-order valence-electron chi connectivity index (χ1n) is 8.58. The van der Waals surface area contributed by atoms with Gasteiger partial charge in [0.2, 0.25) is 0 Å². The first kappa shape index (κ1) is 15.5. The van der Waals surface area contributed by atoms with Gasteiger partial charge in [-0.25, -0.2) is 4.98 Å². The molecular formula is C21H16N2O2S. The van der Waals surface area contributed by atoms with E-state index >= 15 is 0 Å². The van der Waals surface area contributed by atoms with Crippen molar-refractivity contribution in [3.8, 4) is 0 Å². The maximum atomic E-state index is 12.8. The van der Waals surface area contributed by atoms with Crippen molar-refractivity contribution >= 4 is 43.4 Å². The molecule has 5 rings (SSSR count). The minimum atomic E-state index is -0.580. The van der Waals surface area contributed by atoms with Gasteiger partial charge in [0.1, 0.15) is 0 Å². The lowest BCUT2D eigenvalue weighted by Crippen LogP contribution is -2.28. The Bertz CT molecular complexity index is 1140. The Morgan fingerprint density at radius 1 is 1.08 bits per heavy atom. The van der Waals surface area contributed by atoms with Crippen LogP contribution < -0.4 is 5.32 Å². The van der Waals surface area contributed by atoms with Gasteiger partial charge in [0.15, 0.2) is 11.2 Å². The maximum Gasteiger partial charge on any atom is 0.259 e. The number of nitrogens with one attached hydrogen (secondary N) is 1. The van der Waals surface area contributed by atoms with Crippen molar-refractivity contribution in [3.05, 3.63) is 71.8 Å². The zero-order chi connectivity index (χ0) is 17.5. The largest absolute Gasteiger partial charge is 0.363 e. The van der Waals surface area contributed by atoms with Crippen LogP contribution in [0.2, 0.25) is 0 Å². The summed E-state index contributed by atoms with van der Waals surface area (Å²) in [7, 11) is 0. The molecule has 0 spiro atoms. The van der Waals surface area contributed by atoms with Crippen molar-refractivity contribution in [3.63, 3.8) is 0 Å². The molecule has 0 aliphatic carbocycles. The van der Waals surface area contributed by atoms with Crippen molar-refractivity contribution in [1.29, 1.82) is 0 Å². The van der Waals surface area contributed by atoms with Crippen LogP contribution >= 0.6 is 11.3 Å². The van der Waals surface area contributed by atoms with Gasteiger partial charge in [-0.15, -0.1) is 0 Å². The fourth-order valence-electron chi connectivity index (χ4n) is 3.50. The highest BCUT2D eigenvalue weighted by Gasteiger charge is 2.27. The first-order valence-corrected chi connectivity index (χ1v) is 9.40. The van der Waals surface area contributed by atoms with Crippen molar-refractivity contribution in [2.24, 2.45) is 0 Å². The van der Waals surface area contributed by atoms with E-state index in [0.717, 1.165) is 33.0 Å². The second-order valence-electron chi connectivity index (χ2n) is 6.34. The second-order valence-corrected chi connectivity index (χ2v) is 7.37. The lowest BCUT2D eigenvalue weighted by Gasteiger charge is -2.24. The van der Waals surface area contributed by atoms with Gasteiger partial charge < -0.3 is 4.74 Å². The number of hydrogen-bond donors (Lipinski definition) is 1. The number of amides is 1. The van der Waals surface area contributed by atoms with Crippen LogP contribution in [-0.4, -0.2) is 17.5 Å². The van der Waals surface area contributed by atoms with E-state index in [1.165, 1.54) is 16.9 Å². The maximum absolute atomic E-state index is 12.8. The third-order valence-electron chi connectivity index (χ3n) is 4.75. The number of nitrogens with zero attached hydrogens (tertiary/aromatic N) is 1. The molecule has 2 heterocycles. The number of carbonyl (C=O) groups is 1. The Morgan fingerprint density at radius 3 is 2.88 bits per heavy atom. The van der Waals surface area contributed by atoms with Gasteiger partial charge in [-0.3, -0.25) is 10.1 Å². The molecule has 3 aromatic carbocycles. The van der Waals surface area contributed by atoms with Gasteiger partial charge in [-0.1, -0.05) is 65.9 Å². The summed E-state index contributed by atoms with van der Waals surface area (Å²) >= 11 is 1.49. The van der Waals surface area contributed by atoms with E-state index in [1.54, 1.807) is 0 Å². The molecule has 4 nitrogen and oxygen atoms in total. The van der Waals surface area contributed by atoms with E-state index in [4.69, 9.17) is 4.74 Å². The zero-order valence-corrected chi connectivity index (χ0v) is 14.8. The van der Waals surface area contributed by atoms with Crippen LogP contribution in [0.15, 0.2) is 60.7 Å². The number of fused-ring (bicyclic) bond motifs is 4. The van der Waals surface area contributed by atoms with E-state index in [0.29, 0.717) is 11.7 Å². The average Bonchev–Trinajstić information content (AvgIpc) is 3.10. The summed E-state index contributed by atoms with van der Waals surface area (Å²) < 4.78 is 6.81. The van der Waals surface area contributed by atoms with E-state index in [1.807, 2.05) is 30.3 Å². The number of aromatic nitrogens is 1. The Labute approximate surface area is 154 Å². The van der Waals surface area contributed by atoms with Gasteiger partial charge in [-0.2, -0.15) is 0 Å². The van der Waals surface area contributed by atoms with E-state index in [2.05, 4.69) is 40.6 Å². The van der Waals surface area contributed by atoms with Crippen LogP contribution in [0.25, 0.3) is 21.0 Å². The monoisotopic (exact) mass is 360 g/mol. The van der Waals surface area contributed by atoms with Crippen LogP contribution in [0.5, 0.6) is 0 Å². The molecule has 0 unspecified atom stereocenters. The first-order chi connectivity index (χ1) is 12.8. The second kappa shape index (κ2) is 6.20. The average molecular weight is 360 g/mol. The topological polar surface area (TPSA) is 51.2 Å². The number of carbonyl (C=O) groups excluding carboxylic acids is 1. The summed E-state index contributed by atoms with van der Waals surface area (Å²) in [5, 5.41) is 5.80. The smallest absolute Gasteiger partial charge is 0.259 e. The normalized spacial score (nSPS) is 16.5. The van der Waals surface area contributed by atoms with Crippen LogP contribution in [0.1, 0.15) is 17.2 Å². The Hall–Kier alpha value is -2.76. The summed E-state index contributed by atoms with van der Waals surface area (Å²) in [5.41, 5.74) is 3.05. The number of thiazole rings is 1. The Balaban J connectivity index is 1.48. The Kier molecular flexibility index (Phi) is 3.69. The SMILES string of the molecule is O=C(Nc1nc2c(ccc3ccccc32)s1)[C@H]1OCCc2ccccc21. The molecule has 1 aromatic heterocycles. The van der Waals surface area contributed by atoms with Gasteiger partial charge in [-0.05, 0) is 29.0 Å². The number of benzene rings is 3. The predicted octanol–water partition coefficient (Wildman–Crippen LogP) is 4.70. The molecule has 0 radical (unpaired) electrons. The van der Waals surface area contributed by atoms with Gasteiger partial charge >= 0.3 is 0 Å². The van der Waals surface area contributed by atoms with Crippen molar-refractivity contribution in [2.45, 2.75) is 12.5 Å². The van der Waals surface area contributed by atoms with Crippen LogP contribution in [-0.2, 0) is 16.0 Å². The van der Waals surface area contributed by atoms with E-state index < -0.39 is 6.10 Å². The van der Waals surface area contributed by atoms with Gasteiger partial charge in [0, 0.05) is 5.39 Å². The fourth-order valence-corrected chi connectivity index (χ4v) is 4.38. The lowest BCUT2D eigenvalue weighted by atomic mass is 9.97. The van der Waals surface area contributed by atoms with E-state index in [-0.39, 0.29) is 5.91 Å². The van der Waals surface area contributed by atoms with Gasteiger partial charge in [0.25, 0.3) is 5.91 Å². The number of rotatable bonds is 2. The molecule has 1 N–H and O–H groups in total. The number of ether oxygens (including phenoxy) is 1. The van der Waals surface area contributed by atoms with Crippen LogP contribution in [0, 0.1) is 0 Å². The minimum Gasteiger partial charge on any atom is -0.363 e. The third kappa shape index (κ3) is 2.57. The molecule has 1 amide bonds. The predicted molar refractivity (Wildman–Crippen MR) is 105 cm³/mol. The molecule has 0 saturated carbocycles. The molecule has 5 heteroatoms. The molecule has 0 fully saturated rings. The molecule has 0 saturated heterocycles. The number of hydrogen-bond acceptors (Lipinski definition) is 4. The summed E-state index contributed by atoms with van der Waals surface area (Å²) in [6.45, 7) is 0.555. The highest BCUT2D eigenvalue weighted by Crippen LogP contribution is 2.33. The summed E-state index contributed by atoms with van der Waals surface area (Å²) in [6, 6.07) is 20.2. The molecule has 1 aliphatic rings. The molecule has 0 bridgehead atoms. The fraction of sp³-hybridized carbons (Fsp3) is 0.143. The summed E-state index contributed by atoms with van der Waals surface area (Å²) in [6.07, 6.45) is 0.260. The zero-order valence-electron chi connectivity index (χ0n) is 13.9. The summed E-state index contributed by atoms with van der Waals surface area (Å²) in [4.78, 5) is 17.5. The molecule has 128 valence electrons. The summed E-state index contributed by atoms with van der Waals surface area (Å²) in [5.74, 6) is -0.166. The standard InChI is InChI=1S/C21H16N2O2S/c24-20(19-16-8-4-2-6-14(16)11-12-25-19)23-21-22-18-15-7-3-1-5-13(15)9-10-17(18)26-21/h1-10,19H,11-12H2,(H,22,23,24)/t19-/m0/s1. The highest BCUT2D eigenvalue weighted by molar-refractivity contribution is 7.22. The van der Waals surface area contributed by atoms with Crippen molar-refractivity contribution < 1.29 is 9.53 Å². The van der Waals surface area contributed by atoms with Crippen LogP contribution in [0.3, 0.4) is 0 Å². The lowest BCUT2D eigenvalue weighted by molar-refractivity contribution is -0.128. The van der Waals surface area contributed by atoms with Gasteiger partial charge in [0.05, 0.1) is 16.8 Å². The van der Waals surface area contributed by atoms with Crippen LogP contribution in [0.4, 0.5) is 5.13 Å². The third-order valence-corrected chi connectivity index (χ3v) is 5.68. The molecule has 26 heavy (non-hydrogen) atoms. The highest BCUT2D eigenvalue weighted by atomic mass is 32.1. The number of anilines is 1. The molecule has 1 atom stereocenters. The molecular weight excluding hydrogens is 344 g/mol. The van der Waals surface area contributed by atoms with E-state index in [9.17, 15) is 4.79 Å². The quantitative estimate of drug-likeness (QED) is 0.564. The van der Waals surface area contributed by atoms with Crippen molar-refractivity contribution in [1.82, 2.24) is 4.98 Å².